The lowest BCUT2D eigenvalue weighted by Gasteiger charge is -2.18. The average Bonchev–Trinajstić information content (AvgIpc) is 2.39. The van der Waals surface area contributed by atoms with Crippen molar-refractivity contribution in [3.05, 3.63) is 18.0 Å². The number of nitrogens with zero attached hydrogens (tertiary/aromatic N) is 6. The van der Waals surface area contributed by atoms with Crippen LogP contribution in [0.15, 0.2) is 22.6 Å². The minimum Gasteiger partial charge on any atom is -0.368 e. The first-order chi connectivity index (χ1) is 9.62. The predicted octanol–water partition coefficient (Wildman–Crippen LogP) is 1.55. The van der Waals surface area contributed by atoms with Crippen molar-refractivity contribution in [2.45, 2.75) is 31.1 Å². The second kappa shape index (κ2) is 6.47. The van der Waals surface area contributed by atoms with Gasteiger partial charge in [0.05, 0.1) is 0 Å². The molecule has 2 N–H and O–H groups in total. The lowest BCUT2D eigenvalue weighted by molar-refractivity contribution is 0.785. The largest absolute Gasteiger partial charge is 0.368 e. The van der Waals surface area contributed by atoms with Gasteiger partial charge in [-0.05, 0) is 38.6 Å². The lowest BCUT2D eigenvalue weighted by atomic mass is 10.5. The first-order valence-electron chi connectivity index (χ1n) is 6.36. The van der Waals surface area contributed by atoms with Crippen LogP contribution in [0.2, 0.25) is 0 Å². The Labute approximate surface area is 122 Å². The van der Waals surface area contributed by atoms with E-state index in [0.29, 0.717) is 16.3 Å². The Morgan fingerprint density at radius 3 is 2.50 bits per heavy atom. The Kier molecular flexibility index (Phi) is 4.67. The zero-order valence-electron chi connectivity index (χ0n) is 11.7. The summed E-state index contributed by atoms with van der Waals surface area (Å²) in [5.74, 6) is 0.787. The Balaban J connectivity index is 2.28. The number of hydrogen-bond acceptors (Lipinski definition) is 8. The van der Waals surface area contributed by atoms with Gasteiger partial charge in [-0.2, -0.15) is 15.0 Å². The first kappa shape index (κ1) is 14.4. The van der Waals surface area contributed by atoms with E-state index in [4.69, 9.17) is 5.73 Å². The Morgan fingerprint density at radius 1 is 1.10 bits per heavy atom. The van der Waals surface area contributed by atoms with E-state index in [0.717, 1.165) is 18.8 Å². The first-order valence-corrected chi connectivity index (χ1v) is 7.18. The molecule has 2 heterocycles. The van der Waals surface area contributed by atoms with Crippen molar-refractivity contribution < 1.29 is 0 Å². The molecule has 0 aliphatic heterocycles. The van der Waals surface area contributed by atoms with Crippen LogP contribution in [-0.2, 0) is 0 Å². The molecule has 2 rings (SSSR count). The van der Waals surface area contributed by atoms with Crippen LogP contribution in [0.4, 0.5) is 11.9 Å². The molecule has 2 aromatic rings. The summed E-state index contributed by atoms with van der Waals surface area (Å²) < 4.78 is 0. The van der Waals surface area contributed by atoms with E-state index in [9.17, 15) is 0 Å². The topological polar surface area (TPSA) is 93.7 Å². The Hall–Kier alpha value is -1.96. The molecule has 0 aliphatic carbocycles. The van der Waals surface area contributed by atoms with E-state index >= 15 is 0 Å². The van der Waals surface area contributed by atoms with Crippen molar-refractivity contribution in [3.63, 3.8) is 0 Å². The van der Waals surface area contributed by atoms with E-state index in [-0.39, 0.29) is 5.95 Å². The molecule has 0 aliphatic rings. The van der Waals surface area contributed by atoms with Crippen molar-refractivity contribution in [1.82, 2.24) is 24.9 Å². The summed E-state index contributed by atoms with van der Waals surface area (Å²) in [6.45, 7) is 7.62. The fourth-order valence-corrected chi connectivity index (χ4v) is 2.34. The molecular weight excluding hydrogens is 274 g/mol. The molecule has 0 fully saturated rings. The van der Waals surface area contributed by atoms with Gasteiger partial charge in [0.2, 0.25) is 17.1 Å². The van der Waals surface area contributed by atoms with Crippen LogP contribution in [-0.4, -0.2) is 38.0 Å². The van der Waals surface area contributed by atoms with Crippen molar-refractivity contribution in [1.29, 1.82) is 0 Å². The van der Waals surface area contributed by atoms with Crippen LogP contribution in [0.25, 0.3) is 0 Å². The molecule has 0 aromatic carbocycles. The summed E-state index contributed by atoms with van der Waals surface area (Å²) >= 11 is 1.28. The van der Waals surface area contributed by atoms with Gasteiger partial charge in [-0.1, -0.05) is 0 Å². The molecule has 0 saturated carbocycles. The van der Waals surface area contributed by atoms with Crippen molar-refractivity contribution >= 4 is 23.7 Å². The maximum atomic E-state index is 5.75. The molecule has 8 heteroatoms. The smallest absolute Gasteiger partial charge is 0.231 e. The van der Waals surface area contributed by atoms with Gasteiger partial charge < -0.3 is 10.6 Å². The van der Waals surface area contributed by atoms with Crippen molar-refractivity contribution in [2.24, 2.45) is 0 Å². The van der Waals surface area contributed by atoms with Crippen LogP contribution < -0.4 is 10.6 Å². The van der Waals surface area contributed by atoms with E-state index in [1.54, 1.807) is 6.20 Å². The molecule has 0 spiro atoms. The highest BCUT2D eigenvalue weighted by molar-refractivity contribution is 7.99. The van der Waals surface area contributed by atoms with Crippen LogP contribution in [0.5, 0.6) is 0 Å². The molecule has 106 valence electrons. The molecule has 0 amide bonds. The molecule has 0 unspecified atom stereocenters. The van der Waals surface area contributed by atoms with Gasteiger partial charge in [-0.15, -0.1) is 0 Å². The van der Waals surface area contributed by atoms with Crippen molar-refractivity contribution in [3.8, 4) is 0 Å². The van der Waals surface area contributed by atoms with Gasteiger partial charge in [0.25, 0.3) is 0 Å². The summed E-state index contributed by atoms with van der Waals surface area (Å²) in [5, 5.41) is 1.10. The lowest BCUT2D eigenvalue weighted by Crippen LogP contribution is -2.25. The molecule has 0 radical (unpaired) electrons. The Bertz CT molecular complexity index is 586. The fourth-order valence-electron chi connectivity index (χ4n) is 1.61. The molecular formula is C12H17N7S. The van der Waals surface area contributed by atoms with Gasteiger partial charge in [-0.3, -0.25) is 0 Å². The summed E-state index contributed by atoms with van der Waals surface area (Å²) in [6, 6.07) is 1.84. The second-order valence-electron chi connectivity index (χ2n) is 4.03. The van der Waals surface area contributed by atoms with Gasteiger partial charge >= 0.3 is 0 Å². The van der Waals surface area contributed by atoms with Gasteiger partial charge in [0, 0.05) is 25.0 Å². The van der Waals surface area contributed by atoms with E-state index in [1.165, 1.54) is 11.8 Å². The zero-order chi connectivity index (χ0) is 14.5. The van der Waals surface area contributed by atoms with Gasteiger partial charge in [0.1, 0.15) is 0 Å². The number of nitrogen functional groups attached to an aromatic ring is 1. The fraction of sp³-hybridized carbons (Fsp3) is 0.417. The monoisotopic (exact) mass is 291 g/mol. The van der Waals surface area contributed by atoms with E-state index in [1.807, 2.05) is 31.7 Å². The van der Waals surface area contributed by atoms with E-state index in [2.05, 4.69) is 24.9 Å². The summed E-state index contributed by atoms with van der Waals surface area (Å²) in [6.07, 6.45) is 1.71. The molecule has 7 nitrogen and oxygen atoms in total. The third-order valence-electron chi connectivity index (χ3n) is 2.62. The molecule has 2 aromatic heterocycles. The summed E-state index contributed by atoms with van der Waals surface area (Å²) in [5.41, 5.74) is 6.64. The van der Waals surface area contributed by atoms with Crippen LogP contribution in [0.3, 0.4) is 0 Å². The molecule has 0 atom stereocenters. The highest BCUT2D eigenvalue weighted by atomic mass is 32.2. The standard InChI is InChI=1S/C12H17N7S/c1-4-19(5-2)10-16-9(13)17-12(18-10)20-11-14-7-6-8(3)15-11/h6-7H,4-5H2,1-3H3,(H2,13,16,17,18). The third-order valence-corrected chi connectivity index (χ3v) is 3.37. The van der Waals surface area contributed by atoms with E-state index < -0.39 is 0 Å². The zero-order valence-corrected chi connectivity index (χ0v) is 12.6. The van der Waals surface area contributed by atoms with Crippen LogP contribution >= 0.6 is 11.8 Å². The average molecular weight is 291 g/mol. The second-order valence-corrected chi connectivity index (χ2v) is 4.97. The summed E-state index contributed by atoms with van der Waals surface area (Å²) in [4.78, 5) is 23.2. The highest BCUT2D eigenvalue weighted by Crippen LogP contribution is 2.23. The summed E-state index contributed by atoms with van der Waals surface area (Å²) in [7, 11) is 0. The molecule has 0 bridgehead atoms. The highest BCUT2D eigenvalue weighted by Gasteiger charge is 2.11. The number of hydrogen-bond donors (Lipinski definition) is 1. The minimum absolute atomic E-state index is 0.206. The number of nitrogens with two attached hydrogens (primary N) is 1. The number of rotatable bonds is 5. The predicted molar refractivity (Wildman–Crippen MR) is 78.7 cm³/mol. The maximum Gasteiger partial charge on any atom is 0.231 e. The minimum atomic E-state index is 0.206. The number of anilines is 2. The van der Waals surface area contributed by atoms with Crippen molar-refractivity contribution in [2.75, 3.05) is 23.7 Å². The maximum absolute atomic E-state index is 5.75. The Morgan fingerprint density at radius 2 is 1.85 bits per heavy atom. The van der Waals surface area contributed by atoms with Crippen LogP contribution in [0, 0.1) is 6.92 Å². The molecule has 20 heavy (non-hydrogen) atoms. The SMILES string of the molecule is CCN(CC)c1nc(N)nc(Sc2nccc(C)n2)n1. The normalized spacial score (nSPS) is 10.6. The number of aromatic nitrogens is 5. The quantitative estimate of drug-likeness (QED) is 0.829. The third kappa shape index (κ3) is 3.53. The van der Waals surface area contributed by atoms with Gasteiger partial charge in [0.15, 0.2) is 5.16 Å². The number of aryl methyl sites for hydroxylation is 1. The molecule has 0 saturated heterocycles. The van der Waals surface area contributed by atoms with Gasteiger partial charge in [-0.25, -0.2) is 9.97 Å². The van der Waals surface area contributed by atoms with Crippen LogP contribution in [0.1, 0.15) is 19.5 Å².